The smallest absolute Gasteiger partial charge is 0.151 e. The maximum absolute atomic E-state index is 11.4. The van der Waals surface area contributed by atoms with Gasteiger partial charge in [-0.25, -0.2) is 8.42 Å². The van der Waals surface area contributed by atoms with Gasteiger partial charge in [-0.1, -0.05) is 0 Å². The van der Waals surface area contributed by atoms with Crippen LogP contribution in [0.1, 0.15) is 12.8 Å². The first kappa shape index (κ1) is 12.3. The molecule has 0 amide bonds. The van der Waals surface area contributed by atoms with Gasteiger partial charge in [-0.3, -0.25) is 4.90 Å². The van der Waals surface area contributed by atoms with E-state index in [1.165, 1.54) is 0 Å². The number of sulfone groups is 1. The summed E-state index contributed by atoms with van der Waals surface area (Å²) in [6, 6.07) is 0.0784. The molecular formula is C10H20N2O3S. The van der Waals surface area contributed by atoms with Crippen LogP contribution in [-0.2, 0) is 9.84 Å². The van der Waals surface area contributed by atoms with Crippen LogP contribution in [0.25, 0.3) is 0 Å². The molecule has 2 fully saturated rings. The van der Waals surface area contributed by atoms with Crippen molar-refractivity contribution in [1.29, 1.82) is 0 Å². The Balaban J connectivity index is 1.91. The first-order valence-corrected chi connectivity index (χ1v) is 7.56. The number of aliphatic hydroxyl groups is 1. The van der Waals surface area contributed by atoms with Crippen molar-refractivity contribution in [3.05, 3.63) is 0 Å². The molecule has 0 aromatic heterocycles. The summed E-state index contributed by atoms with van der Waals surface area (Å²) in [5, 5.41) is 13.3. The second-order valence-corrected chi connectivity index (χ2v) is 7.35. The number of rotatable bonds is 3. The van der Waals surface area contributed by atoms with Gasteiger partial charge in [-0.05, 0) is 26.4 Å². The Morgan fingerprint density at radius 1 is 1.56 bits per heavy atom. The van der Waals surface area contributed by atoms with Gasteiger partial charge < -0.3 is 10.4 Å². The number of β-amino-alcohol motifs (C(OH)–C–C–N with tert-alkyl or cyclic N) is 1. The Labute approximate surface area is 96.7 Å². The third-order valence-electron chi connectivity index (χ3n) is 3.60. The zero-order valence-electron chi connectivity index (χ0n) is 9.65. The van der Waals surface area contributed by atoms with Gasteiger partial charge in [0.25, 0.3) is 0 Å². The zero-order valence-corrected chi connectivity index (χ0v) is 10.5. The fourth-order valence-electron chi connectivity index (χ4n) is 2.58. The minimum absolute atomic E-state index is 0.0784. The average Bonchev–Trinajstić information content (AvgIpc) is 2.72. The van der Waals surface area contributed by atoms with Gasteiger partial charge >= 0.3 is 0 Å². The second kappa shape index (κ2) is 4.25. The lowest BCUT2D eigenvalue weighted by atomic mass is 10.0. The SMILES string of the molecule is CN(CC1(O)CCNC1)C1CCS(=O)(=O)C1. The molecule has 0 aliphatic carbocycles. The van der Waals surface area contributed by atoms with E-state index < -0.39 is 15.4 Å². The molecule has 0 bridgehead atoms. The van der Waals surface area contributed by atoms with Gasteiger partial charge in [0.15, 0.2) is 9.84 Å². The third-order valence-corrected chi connectivity index (χ3v) is 5.35. The van der Waals surface area contributed by atoms with E-state index in [0.717, 1.165) is 13.0 Å². The lowest BCUT2D eigenvalue weighted by molar-refractivity contribution is 0.0193. The lowest BCUT2D eigenvalue weighted by Crippen LogP contribution is -2.47. The van der Waals surface area contributed by atoms with Crippen molar-refractivity contribution in [3.63, 3.8) is 0 Å². The summed E-state index contributed by atoms with van der Waals surface area (Å²) >= 11 is 0. The molecule has 2 atom stereocenters. The lowest BCUT2D eigenvalue weighted by Gasteiger charge is -2.31. The maximum Gasteiger partial charge on any atom is 0.151 e. The van der Waals surface area contributed by atoms with Gasteiger partial charge in [0.2, 0.25) is 0 Å². The number of hydrogen-bond donors (Lipinski definition) is 2. The molecule has 2 rings (SSSR count). The highest BCUT2D eigenvalue weighted by atomic mass is 32.2. The standard InChI is InChI=1S/C10H20N2O3S/c1-12(8-10(13)3-4-11-7-10)9-2-5-16(14,15)6-9/h9,11,13H,2-8H2,1H3. The van der Waals surface area contributed by atoms with Crippen LogP contribution in [0.15, 0.2) is 0 Å². The van der Waals surface area contributed by atoms with Crippen molar-refractivity contribution in [1.82, 2.24) is 10.2 Å². The highest BCUT2D eigenvalue weighted by molar-refractivity contribution is 7.91. The highest BCUT2D eigenvalue weighted by Gasteiger charge is 2.37. The van der Waals surface area contributed by atoms with Gasteiger partial charge in [0.05, 0.1) is 17.1 Å². The summed E-state index contributed by atoms with van der Waals surface area (Å²) in [7, 11) is -0.928. The first-order valence-electron chi connectivity index (χ1n) is 5.74. The number of nitrogens with one attached hydrogen (secondary N) is 1. The van der Waals surface area contributed by atoms with E-state index in [9.17, 15) is 13.5 Å². The van der Waals surface area contributed by atoms with Crippen molar-refractivity contribution in [3.8, 4) is 0 Å². The quantitative estimate of drug-likeness (QED) is 0.658. The molecule has 2 aliphatic rings. The largest absolute Gasteiger partial charge is 0.387 e. The molecule has 2 aliphatic heterocycles. The van der Waals surface area contributed by atoms with Crippen LogP contribution in [0.4, 0.5) is 0 Å². The fourth-order valence-corrected chi connectivity index (χ4v) is 4.39. The van der Waals surface area contributed by atoms with Crippen LogP contribution in [0.3, 0.4) is 0 Å². The molecule has 16 heavy (non-hydrogen) atoms. The van der Waals surface area contributed by atoms with Crippen LogP contribution >= 0.6 is 0 Å². The van der Waals surface area contributed by atoms with Gasteiger partial charge in [0, 0.05) is 19.1 Å². The molecule has 94 valence electrons. The number of nitrogens with zero attached hydrogens (tertiary/aromatic N) is 1. The Hall–Kier alpha value is -0.170. The molecule has 2 saturated heterocycles. The molecule has 2 unspecified atom stereocenters. The maximum atomic E-state index is 11.4. The summed E-state index contributed by atoms with van der Waals surface area (Å²) in [5.74, 6) is 0.533. The summed E-state index contributed by atoms with van der Waals surface area (Å²) in [4.78, 5) is 2.00. The third kappa shape index (κ3) is 2.74. The molecule has 2 N–H and O–H groups in total. The Kier molecular flexibility index (Phi) is 3.27. The van der Waals surface area contributed by atoms with Gasteiger partial charge in [0.1, 0.15) is 0 Å². The van der Waals surface area contributed by atoms with E-state index in [1.54, 1.807) is 0 Å². The summed E-state index contributed by atoms with van der Waals surface area (Å²) in [5.41, 5.74) is -0.679. The normalized spacial score (nSPS) is 38.3. The molecule has 6 heteroatoms. The Morgan fingerprint density at radius 2 is 2.31 bits per heavy atom. The highest BCUT2D eigenvalue weighted by Crippen LogP contribution is 2.21. The van der Waals surface area contributed by atoms with Crippen molar-refractivity contribution >= 4 is 9.84 Å². The van der Waals surface area contributed by atoms with E-state index in [1.807, 2.05) is 11.9 Å². The van der Waals surface area contributed by atoms with Crippen LogP contribution in [0.2, 0.25) is 0 Å². The van der Waals surface area contributed by atoms with Crippen LogP contribution in [0.5, 0.6) is 0 Å². The minimum Gasteiger partial charge on any atom is -0.387 e. The monoisotopic (exact) mass is 248 g/mol. The predicted octanol–water partition coefficient (Wildman–Crippen LogP) is -1.17. The second-order valence-electron chi connectivity index (χ2n) is 5.12. The Bertz CT molecular complexity index is 349. The number of hydrogen-bond acceptors (Lipinski definition) is 5. The first-order chi connectivity index (χ1) is 7.40. The van der Waals surface area contributed by atoms with Crippen molar-refractivity contribution in [2.75, 3.05) is 38.2 Å². The predicted molar refractivity (Wildman–Crippen MR) is 62.1 cm³/mol. The van der Waals surface area contributed by atoms with Crippen molar-refractivity contribution in [2.45, 2.75) is 24.5 Å². The molecule has 5 nitrogen and oxygen atoms in total. The van der Waals surface area contributed by atoms with E-state index in [-0.39, 0.29) is 11.8 Å². The molecule has 0 aromatic carbocycles. The van der Waals surface area contributed by atoms with E-state index in [2.05, 4.69) is 5.32 Å². The van der Waals surface area contributed by atoms with E-state index in [0.29, 0.717) is 25.3 Å². The molecule has 0 aromatic rings. The van der Waals surface area contributed by atoms with E-state index in [4.69, 9.17) is 0 Å². The van der Waals surface area contributed by atoms with Crippen molar-refractivity contribution in [2.24, 2.45) is 0 Å². The van der Waals surface area contributed by atoms with Crippen LogP contribution in [0, 0.1) is 0 Å². The fraction of sp³-hybridized carbons (Fsp3) is 1.00. The molecule has 0 radical (unpaired) electrons. The molecule has 0 saturated carbocycles. The minimum atomic E-state index is -2.83. The van der Waals surface area contributed by atoms with Crippen molar-refractivity contribution < 1.29 is 13.5 Å². The molecular weight excluding hydrogens is 228 g/mol. The molecule has 0 spiro atoms. The van der Waals surface area contributed by atoms with Gasteiger partial charge in [-0.2, -0.15) is 0 Å². The summed E-state index contributed by atoms with van der Waals surface area (Å²) in [6.07, 6.45) is 1.44. The topological polar surface area (TPSA) is 69.6 Å². The van der Waals surface area contributed by atoms with Crippen LogP contribution < -0.4 is 5.32 Å². The van der Waals surface area contributed by atoms with Crippen LogP contribution in [-0.4, -0.2) is 68.3 Å². The van der Waals surface area contributed by atoms with E-state index >= 15 is 0 Å². The summed E-state index contributed by atoms with van der Waals surface area (Å²) in [6.45, 7) is 2.00. The number of likely N-dealkylation sites (N-methyl/N-ethyl adjacent to an activating group) is 1. The molecule has 2 heterocycles. The summed E-state index contributed by atoms with van der Waals surface area (Å²) < 4.78 is 22.7. The van der Waals surface area contributed by atoms with Gasteiger partial charge in [-0.15, -0.1) is 0 Å². The Morgan fingerprint density at radius 3 is 2.81 bits per heavy atom. The zero-order chi connectivity index (χ0) is 11.8. The average molecular weight is 248 g/mol.